The van der Waals surface area contributed by atoms with E-state index in [1.165, 1.54) is 0 Å². The molecule has 0 N–H and O–H groups in total. The van der Waals surface area contributed by atoms with Gasteiger partial charge in [-0.05, 0) is 43.7 Å². The molecule has 0 spiro atoms. The van der Waals surface area contributed by atoms with Crippen LogP contribution in [-0.2, 0) is 6.61 Å². The smallest absolute Gasteiger partial charge is 0.167 e. The predicted molar refractivity (Wildman–Crippen MR) is 75.0 cm³/mol. The largest absolute Gasteiger partial charge is 0.485 e. The van der Waals surface area contributed by atoms with Crippen molar-refractivity contribution in [2.24, 2.45) is 0 Å². The van der Waals surface area contributed by atoms with Crippen LogP contribution in [0.3, 0.4) is 0 Å². The van der Waals surface area contributed by atoms with Crippen LogP contribution in [0.25, 0.3) is 0 Å². The minimum Gasteiger partial charge on any atom is -0.485 e. The Kier molecular flexibility index (Phi) is 4.19. The summed E-state index contributed by atoms with van der Waals surface area (Å²) < 4.78 is 6.71. The molecule has 2 rings (SSSR count). The lowest BCUT2D eigenvalue weighted by Gasteiger charge is -2.09. The lowest BCUT2D eigenvalue weighted by Crippen LogP contribution is -2.03. The minimum atomic E-state index is 0.309. The van der Waals surface area contributed by atoms with Gasteiger partial charge in [0, 0.05) is 10.2 Å². The minimum absolute atomic E-state index is 0.309. The zero-order valence-corrected chi connectivity index (χ0v) is 12.4. The Labute approximate surface area is 119 Å². The molecule has 0 amide bonds. The van der Waals surface area contributed by atoms with Crippen LogP contribution in [0.5, 0.6) is 5.75 Å². The number of ether oxygens (including phenoxy) is 1. The maximum atomic E-state index is 5.87. The fraction of sp³-hybridized carbons (Fsp3) is 0.231. The second-order valence-electron chi connectivity index (χ2n) is 3.95. The highest BCUT2D eigenvalue weighted by atomic mass is 79.9. The number of aromatic nitrogens is 2. The molecule has 0 unspecified atom stereocenters. The monoisotopic (exact) mass is 326 g/mol. The number of benzene rings is 1. The van der Waals surface area contributed by atoms with Gasteiger partial charge in [-0.1, -0.05) is 27.5 Å². The highest BCUT2D eigenvalue weighted by Crippen LogP contribution is 2.22. The van der Waals surface area contributed by atoms with Crippen LogP contribution in [0, 0.1) is 13.8 Å². The number of nitrogens with zero attached hydrogens (tertiary/aromatic N) is 2. The third-order valence-electron chi connectivity index (χ3n) is 2.36. The van der Waals surface area contributed by atoms with Crippen molar-refractivity contribution in [1.29, 1.82) is 0 Å². The van der Waals surface area contributed by atoms with Gasteiger partial charge in [-0.15, -0.1) is 0 Å². The van der Waals surface area contributed by atoms with Crippen LogP contribution in [0.1, 0.15) is 17.1 Å². The van der Waals surface area contributed by atoms with Crippen LogP contribution in [0.2, 0.25) is 5.15 Å². The van der Waals surface area contributed by atoms with Crippen molar-refractivity contribution in [1.82, 2.24) is 9.97 Å². The van der Waals surface area contributed by atoms with E-state index in [0.29, 0.717) is 17.6 Å². The van der Waals surface area contributed by atoms with E-state index < -0.39 is 0 Å². The first kappa shape index (κ1) is 13.3. The van der Waals surface area contributed by atoms with E-state index in [1.54, 1.807) is 6.07 Å². The number of hydrogen-bond acceptors (Lipinski definition) is 3. The summed E-state index contributed by atoms with van der Waals surface area (Å²) in [5, 5.41) is 0.439. The topological polar surface area (TPSA) is 35.0 Å². The third-order valence-corrected chi connectivity index (χ3v) is 3.05. The molecule has 2 aromatic rings. The van der Waals surface area contributed by atoms with Crippen molar-refractivity contribution in [3.8, 4) is 5.75 Å². The molecular weight excluding hydrogens is 316 g/mol. The second-order valence-corrected chi connectivity index (χ2v) is 5.25. The van der Waals surface area contributed by atoms with E-state index in [0.717, 1.165) is 21.5 Å². The Bertz CT molecular complexity index is 555. The molecule has 3 nitrogen and oxygen atoms in total. The Morgan fingerprint density at radius 2 is 2.00 bits per heavy atom. The van der Waals surface area contributed by atoms with Gasteiger partial charge < -0.3 is 4.74 Å². The van der Waals surface area contributed by atoms with E-state index in [4.69, 9.17) is 16.3 Å². The van der Waals surface area contributed by atoms with Crippen LogP contribution < -0.4 is 4.74 Å². The van der Waals surface area contributed by atoms with Crippen molar-refractivity contribution in [2.45, 2.75) is 20.5 Å². The molecule has 18 heavy (non-hydrogen) atoms. The van der Waals surface area contributed by atoms with Gasteiger partial charge in [-0.25, -0.2) is 9.97 Å². The van der Waals surface area contributed by atoms with Crippen molar-refractivity contribution >= 4 is 27.5 Å². The molecule has 0 aliphatic carbocycles. The summed E-state index contributed by atoms with van der Waals surface area (Å²) in [6.45, 7) is 4.18. The van der Waals surface area contributed by atoms with Crippen molar-refractivity contribution in [3.05, 3.63) is 51.0 Å². The second kappa shape index (κ2) is 5.67. The average Bonchev–Trinajstić information content (AvgIpc) is 2.26. The Hall–Kier alpha value is -1.13. The Morgan fingerprint density at radius 1 is 1.22 bits per heavy atom. The van der Waals surface area contributed by atoms with Crippen LogP contribution in [0.15, 0.2) is 28.7 Å². The molecule has 0 aliphatic heterocycles. The lowest BCUT2D eigenvalue weighted by atomic mass is 10.2. The van der Waals surface area contributed by atoms with Gasteiger partial charge in [-0.2, -0.15) is 0 Å². The van der Waals surface area contributed by atoms with Gasteiger partial charge in [-0.3, -0.25) is 0 Å². The number of hydrogen-bond donors (Lipinski definition) is 0. The molecule has 1 heterocycles. The van der Waals surface area contributed by atoms with Gasteiger partial charge in [0.15, 0.2) is 5.82 Å². The van der Waals surface area contributed by atoms with Gasteiger partial charge in [0.05, 0.1) is 0 Å². The van der Waals surface area contributed by atoms with Gasteiger partial charge in [0.1, 0.15) is 17.5 Å². The quantitative estimate of drug-likeness (QED) is 0.797. The van der Waals surface area contributed by atoms with Gasteiger partial charge >= 0.3 is 0 Å². The van der Waals surface area contributed by atoms with E-state index in [1.807, 2.05) is 32.0 Å². The molecule has 1 aromatic carbocycles. The first-order chi connectivity index (χ1) is 8.54. The number of rotatable bonds is 3. The molecule has 0 bridgehead atoms. The van der Waals surface area contributed by atoms with E-state index in [9.17, 15) is 0 Å². The van der Waals surface area contributed by atoms with Gasteiger partial charge in [0.25, 0.3) is 0 Å². The first-order valence-corrected chi connectivity index (χ1v) is 6.61. The zero-order chi connectivity index (χ0) is 13.1. The summed E-state index contributed by atoms with van der Waals surface area (Å²) in [5.74, 6) is 1.40. The summed E-state index contributed by atoms with van der Waals surface area (Å²) >= 11 is 9.28. The summed E-state index contributed by atoms with van der Waals surface area (Å²) in [5.41, 5.74) is 1.89. The maximum Gasteiger partial charge on any atom is 0.167 e. The van der Waals surface area contributed by atoms with Crippen molar-refractivity contribution in [2.75, 3.05) is 0 Å². The molecule has 0 saturated heterocycles. The molecule has 0 radical (unpaired) electrons. The van der Waals surface area contributed by atoms with Crippen molar-refractivity contribution in [3.63, 3.8) is 0 Å². The molecule has 0 fully saturated rings. The average molecular weight is 328 g/mol. The molecular formula is C13H12BrClN2O. The van der Waals surface area contributed by atoms with Crippen LogP contribution in [0.4, 0.5) is 0 Å². The van der Waals surface area contributed by atoms with Gasteiger partial charge in [0.2, 0.25) is 0 Å². The Morgan fingerprint density at radius 3 is 2.67 bits per heavy atom. The predicted octanol–water partition coefficient (Wildman–Crippen LogP) is 4.09. The summed E-state index contributed by atoms with van der Waals surface area (Å²) in [6.07, 6.45) is 0. The Balaban J connectivity index is 2.11. The number of aryl methyl sites for hydroxylation is 2. The lowest BCUT2D eigenvalue weighted by molar-refractivity contribution is 0.293. The summed E-state index contributed by atoms with van der Waals surface area (Å²) in [4.78, 5) is 8.38. The standard InChI is InChI=1S/C13H12BrClN2O/c1-8-5-10(14)3-4-11(8)18-7-13-16-9(2)6-12(15)17-13/h3-6H,7H2,1-2H3. The zero-order valence-electron chi connectivity index (χ0n) is 10.1. The summed E-state index contributed by atoms with van der Waals surface area (Å²) in [6, 6.07) is 7.57. The van der Waals surface area contributed by atoms with Crippen LogP contribution >= 0.6 is 27.5 Å². The molecule has 0 atom stereocenters. The number of halogens is 2. The third kappa shape index (κ3) is 3.43. The maximum absolute atomic E-state index is 5.87. The molecule has 5 heteroatoms. The fourth-order valence-corrected chi connectivity index (χ4v) is 2.30. The van der Waals surface area contributed by atoms with E-state index in [-0.39, 0.29) is 0 Å². The van der Waals surface area contributed by atoms with E-state index >= 15 is 0 Å². The van der Waals surface area contributed by atoms with Crippen molar-refractivity contribution < 1.29 is 4.74 Å². The normalized spacial score (nSPS) is 10.4. The SMILES string of the molecule is Cc1cc(Cl)nc(COc2ccc(Br)cc2C)n1. The van der Waals surface area contributed by atoms with E-state index in [2.05, 4.69) is 25.9 Å². The molecule has 94 valence electrons. The molecule has 1 aromatic heterocycles. The highest BCUT2D eigenvalue weighted by Gasteiger charge is 2.04. The van der Waals surface area contributed by atoms with Crippen LogP contribution in [-0.4, -0.2) is 9.97 Å². The first-order valence-electron chi connectivity index (χ1n) is 5.43. The molecule has 0 saturated carbocycles. The highest BCUT2D eigenvalue weighted by molar-refractivity contribution is 9.10. The fourth-order valence-electron chi connectivity index (χ4n) is 1.57. The summed E-state index contributed by atoms with van der Waals surface area (Å²) in [7, 11) is 0. The molecule has 0 aliphatic rings.